The number of rotatable bonds is 4. The van der Waals surface area contributed by atoms with Crippen molar-refractivity contribution in [1.29, 1.82) is 0 Å². The Hall–Kier alpha value is -1.42. The smallest absolute Gasteiger partial charge is 0.222 e. The molecule has 0 bridgehead atoms. The third-order valence-corrected chi connectivity index (χ3v) is 3.24. The lowest BCUT2D eigenvalue weighted by molar-refractivity contribution is -0.123. The Labute approximate surface area is 100 Å². The summed E-state index contributed by atoms with van der Waals surface area (Å²) in [5.41, 5.74) is 6.44. The van der Waals surface area contributed by atoms with Gasteiger partial charge in [-0.3, -0.25) is 4.79 Å². The first-order valence-corrected chi connectivity index (χ1v) is 5.87. The van der Waals surface area contributed by atoms with Gasteiger partial charge in [-0.2, -0.15) is 0 Å². The number of hydrogen-bond donors (Lipinski definition) is 2. The predicted octanol–water partition coefficient (Wildman–Crippen LogP) is 1.71. The molecular formula is C13H17FN2O. The number of carbonyl (C=O) groups is 1. The van der Waals surface area contributed by atoms with Gasteiger partial charge in [-0.1, -0.05) is 12.1 Å². The van der Waals surface area contributed by atoms with E-state index in [-0.39, 0.29) is 17.3 Å². The van der Waals surface area contributed by atoms with Gasteiger partial charge in [0, 0.05) is 18.5 Å². The second kappa shape index (κ2) is 4.84. The average Bonchev–Trinajstić information content (AvgIpc) is 2.24. The SMILES string of the molecule is NC1(CC(=O)NCc2cccc(F)c2)CCC1. The molecule has 3 nitrogen and oxygen atoms in total. The normalized spacial score (nSPS) is 17.3. The van der Waals surface area contributed by atoms with Crippen LogP contribution in [0.15, 0.2) is 24.3 Å². The van der Waals surface area contributed by atoms with E-state index in [9.17, 15) is 9.18 Å². The summed E-state index contributed by atoms with van der Waals surface area (Å²) in [6.07, 6.45) is 3.30. The summed E-state index contributed by atoms with van der Waals surface area (Å²) < 4.78 is 12.9. The molecule has 0 atom stereocenters. The first-order valence-electron chi connectivity index (χ1n) is 5.87. The Morgan fingerprint density at radius 1 is 1.47 bits per heavy atom. The molecule has 92 valence electrons. The van der Waals surface area contributed by atoms with Crippen molar-refractivity contribution in [3.8, 4) is 0 Å². The highest BCUT2D eigenvalue weighted by Gasteiger charge is 2.34. The van der Waals surface area contributed by atoms with Gasteiger partial charge in [0.15, 0.2) is 0 Å². The standard InChI is InChI=1S/C13H17FN2O/c14-11-4-1-3-10(7-11)9-16-12(17)8-13(15)5-2-6-13/h1,3-4,7H,2,5-6,8-9,15H2,(H,16,17). The summed E-state index contributed by atoms with van der Waals surface area (Å²) in [6.45, 7) is 0.354. The van der Waals surface area contributed by atoms with Gasteiger partial charge in [0.1, 0.15) is 5.82 Å². The maximum absolute atomic E-state index is 12.9. The van der Waals surface area contributed by atoms with Crippen molar-refractivity contribution in [2.24, 2.45) is 5.73 Å². The van der Waals surface area contributed by atoms with Crippen LogP contribution >= 0.6 is 0 Å². The lowest BCUT2D eigenvalue weighted by Crippen LogP contribution is -2.49. The van der Waals surface area contributed by atoms with Crippen LogP contribution in [0.4, 0.5) is 4.39 Å². The third-order valence-electron chi connectivity index (χ3n) is 3.24. The van der Waals surface area contributed by atoms with Crippen LogP contribution in [-0.2, 0) is 11.3 Å². The molecule has 1 aromatic carbocycles. The van der Waals surface area contributed by atoms with Crippen LogP contribution in [0.2, 0.25) is 0 Å². The Kier molecular flexibility index (Phi) is 3.43. The molecule has 0 heterocycles. The molecule has 1 fully saturated rings. The first kappa shape index (κ1) is 12.0. The van der Waals surface area contributed by atoms with Crippen LogP contribution in [0.1, 0.15) is 31.2 Å². The zero-order valence-electron chi connectivity index (χ0n) is 9.71. The van der Waals surface area contributed by atoms with Gasteiger partial charge < -0.3 is 11.1 Å². The van der Waals surface area contributed by atoms with Gasteiger partial charge in [0.05, 0.1) is 0 Å². The topological polar surface area (TPSA) is 55.1 Å². The van der Waals surface area contributed by atoms with Crippen LogP contribution in [0.25, 0.3) is 0 Å². The average molecular weight is 236 g/mol. The quantitative estimate of drug-likeness (QED) is 0.836. The molecule has 2 rings (SSSR count). The molecular weight excluding hydrogens is 219 g/mol. The minimum Gasteiger partial charge on any atom is -0.352 e. The zero-order valence-corrected chi connectivity index (χ0v) is 9.71. The number of hydrogen-bond acceptors (Lipinski definition) is 2. The van der Waals surface area contributed by atoms with E-state index in [4.69, 9.17) is 5.73 Å². The molecule has 1 aromatic rings. The number of halogens is 1. The lowest BCUT2D eigenvalue weighted by atomic mass is 9.75. The first-order chi connectivity index (χ1) is 8.07. The minimum atomic E-state index is -0.300. The molecule has 4 heteroatoms. The van der Waals surface area contributed by atoms with Crippen LogP contribution in [0.3, 0.4) is 0 Å². The van der Waals surface area contributed by atoms with Gasteiger partial charge >= 0.3 is 0 Å². The highest BCUT2D eigenvalue weighted by molar-refractivity contribution is 5.77. The van der Waals surface area contributed by atoms with Crippen molar-refractivity contribution in [1.82, 2.24) is 5.32 Å². The maximum Gasteiger partial charge on any atom is 0.222 e. The van der Waals surface area contributed by atoms with Crippen LogP contribution in [-0.4, -0.2) is 11.4 Å². The van der Waals surface area contributed by atoms with E-state index in [1.165, 1.54) is 12.1 Å². The molecule has 1 saturated carbocycles. The Bertz CT molecular complexity index is 416. The van der Waals surface area contributed by atoms with Crippen molar-refractivity contribution in [3.63, 3.8) is 0 Å². The number of carbonyl (C=O) groups excluding carboxylic acids is 1. The summed E-state index contributed by atoms with van der Waals surface area (Å²) in [4.78, 5) is 11.6. The largest absolute Gasteiger partial charge is 0.352 e. The number of nitrogens with one attached hydrogen (secondary N) is 1. The minimum absolute atomic E-state index is 0.0588. The monoisotopic (exact) mass is 236 g/mol. The number of nitrogens with two attached hydrogens (primary N) is 1. The summed E-state index contributed by atoms with van der Waals surface area (Å²) in [5, 5.41) is 2.76. The van der Waals surface area contributed by atoms with E-state index in [0.717, 1.165) is 24.8 Å². The Balaban J connectivity index is 1.80. The van der Waals surface area contributed by atoms with Crippen molar-refractivity contribution in [2.45, 2.75) is 37.8 Å². The van der Waals surface area contributed by atoms with Gasteiger partial charge in [-0.15, -0.1) is 0 Å². The fourth-order valence-corrected chi connectivity index (χ4v) is 2.04. The highest BCUT2D eigenvalue weighted by Crippen LogP contribution is 2.31. The summed E-state index contributed by atoms with van der Waals surface area (Å²) in [7, 11) is 0. The second-order valence-electron chi connectivity index (χ2n) is 4.80. The molecule has 0 aromatic heterocycles. The van der Waals surface area contributed by atoms with Gasteiger partial charge in [0.2, 0.25) is 5.91 Å². The highest BCUT2D eigenvalue weighted by atomic mass is 19.1. The van der Waals surface area contributed by atoms with Gasteiger partial charge in [-0.25, -0.2) is 4.39 Å². The van der Waals surface area contributed by atoms with Crippen molar-refractivity contribution in [3.05, 3.63) is 35.6 Å². The lowest BCUT2D eigenvalue weighted by Gasteiger charge is -2.37. The van der Waals surface area contributed by atoms with E-state index in [1.54, 1.807) is 12.1 Å². The Morgan fingerprint density at radius 3 is 2.82 bits per heavy atom. The molecule has 0 aliphatic heterocycles. The van der Waals surface area contributed by atoms with Crippen LogP contribution < -0.4 is 11.1 Å². The van der Waals surface area contributed by atoms with E-state index >= 15 is 0 Å². The van der Waals surface area contributed by atoms with E-state index in [1.807, 2.05) is 0 Å². The molecule has 0 radical (unpaired) electrons. The molecule has 1 amide bonds. The molecule has 1 aliphatic rings. The number of amides is 1. The molecule has 0 unspecified atom stereocenters. The molecule has 0 saturated heterocycles. The fraction of sp³-hybridized carbons (Fsp3) is 0.462. The van der Waals surface area contributed by atoms with Crippen molar-refractivity contribution >= 4 is 5.91 Å². The number of benzene rings is 1. The Morgan fingerprint density at radius 2 is 2.24 bits per heavy atom. The molecule has 3 N–H and O–H groups in total. The van der Waals surface area contributed by atoms with E-state index < -0.39 is 0 Å². The molecule has 1 aliphatic carbocycles. The van der Waals surface area contributed by atoms with Crippen molar-refractivity contribution in [2.75, 3.05) is 0 Å². The summed E-state index contributed by atoms with van der Waals surface area (Å²) in [5.74, 6) is -0.345. The van der Waals surface area contributed by atoms with Crippen LogP contribution in [0.5, 0.6) is 0 Å². The fourth-order valence-electron chi connectivity index (χ4n) is 2.04. The van der Waals surface area contributed by atoms with E-state index in [2.05, 4.69) is 5.32 Å². The van der Waals surface area contributed by atoms with Crippen LogP contribution in [0, 0.1) is 5.82 Å². The second-order valence-corrected chi connectivity index (χ2v) is 4.80. The third kappa shape index (κ3) is 3.27. The molecule has 0 spiro atoms. The van der Waals surface area contributed by atoms with E-state index in [0.29, 0.717) is 13.0 Å². The maximum atomic E-state index is 12.9. The van der Waals surface area contributed by atoms with Gasteiger partial charge in [0.25, 0.3) is 0 Å². The predicted molar refractivity (Wildman–Crippen MR) is 63.6 cm³/mol. The summed E-state index contributed by atoms with van der Waals surface area (Å²) in [6, 6.07) is 6.22. The zero-order chi connectivity index (χ0) is 12.3. The summed E-state index contributed by atoms with van der Waals surface area (Å²) >= 11 is 0. The van der Waals surface area contributed by atoms with Crippen molar-refractivity contribution < 1.29 is 9.18 Å². The van der Waals surface area contributed by atoms with Gasteiger partial charge in [-0.05, 0) is 37.0 Å². The molecule has 17 heavy (non-hydrogen) atoms.